The Morgan fingerprint density at radius 1 is 0.926 bits per heavy atom. The molecule has 0 saturated carbocycles. The highest BCUT2D eigenvalue weighted by atomic mass is 79.9. The lowest BCUT2D eigenvalue weighted by molar-refractivity contribution is 0.464. The van der Waals surface area contributed by atoms with Crippen LogP contribution in [0.15, 0.2) is 61.0 Å². The molecule has 0 bridgehead atoms. The lowest BCUT2D eigenvalue weighted by Crippen LogP contribution is -1.84. The van der Waals surface area contributed by atoms with Crippen molar-refractivity contribution in [3.8, 4) is 22.9 Å². The monoisotopic (exact) mass is 442 g/mol. The summed E-state index contributed by atoms with van der Waals surface area (Å²) in [6.45, 7) is 4.08. The summed E-state index contributed by atoms with van der Waals surface area (Å²) >= 11 is 4.80. The van der Waals surface area contributed by atoms with Gasteiger partial charge < -0.3 is 8.83 Å². The summed E-state index contributed by atoms with van der Waals surface area (Å²) in [7, 11) is 0. The third-order valence-electron chi connectivity index (χ3n) is 3.88. The molecule has 27 heavy (non-hydrogen) atoms. The molecule has 2 aromatic heterocycles. The smallest absolute Gasteiger partial charge is 0.277 e. The summed E-state index contributed by atoms with van der Waals surface area (Å²) in [5.74, 6) is 1.94. The standard InChI is InChI=1S/C19H15BrN4O2S/c1-11-6-7-15(12(2)8-11)18-23-24-19(26-18)27-10-16-21-22-17(25-16)13-4-3-5-14(20)9-13/h3-9H,10H2,1-2H3. The van der Waals surface area contributed by atoms with E-state index in [0.717, 1.165) is 21.2 Å². The molecule has 8 heteroatoms. The van der Waals surface area contributed by atoms with Crippen LogP contribution in [0.2, 0.25) is 0 Å². The second-order valence-corrected chi connectivity index (χ2v) is 7.83. The predicted molar refractivity (Wildman–Crippen MR) is 106 cm³/mol. The minimum atomic E-state index is 0.454. The highest BCUT2D eigenvalue weighted by Crippen LogP contribution is 2.28. The molecule has 0 aliphatic rings. The van der Waals surface area contributed by atoms with Crippen molar-refractivity contribution in [2.45, 2.75) is 24.8 Å². The van der Waals surface area contributed by atoms with Crippen LogP contribution < -0.4 is 0 Å². The molecule has 2 aromatic carbocycles. The zero-order valence-electron chi connectivity index (χ0n) is 14.6. The van der Waals surface area contributed by atoms with E-state index < -0.39 is 0 Å². The molecule has 0 N–H and O–H groups in total. The third kappa shape index (κ3) is 4.12. The number of benzene rings is 2. The molecule has 0 unspecified atom stereocenters. The summed E-state index contributed by atoms with van der Waals surface area (Å²) in [6, 6.07) is 13.8. The summed E-state index contributed by atoms with van der Waals surface area (Å²) in [6.07, 6.45) is 0. The van der Waals surface area contributed by atoms with Crippen LogP contribution in [-0.2, 0) is 5.75 Å². The van der Waals surface area contributed by atoms with Gasteiger partial charge in [-0.2, -0.15) is 0 Å². The van der Waals surface area contributed by atoms with Gasteiger partial charge in [0.05, 0.1) is 5.75 Å². The van der Waals surface area contributed by atoms with E-state index >= 15 is 0 Å². The van der Waals surface area contributed by atoms with Gasteiger partial charge in [-0.25, -0.2) is 0 Å². The quantitative estimate of drug-likeness (QED) is 0.379. The van der Waals surface area contributed by atoms with Gasteiger partial charge in [-0.15, -0.1) is 20.4 Å². The molecule has 0 aliphatic carbocycles. The topological polar surface area (TPSA) is 77.8 Å². The van der Waals surface area contributed by atoms with Gasteiger partial charge >= 0.3 is 0 Å². The van der Waals surface area contributed by atoms with Crippen LogP contribution in [0, 0.1) is 13.8 Å². The molecule has 0 spiro atoms. The van der Waals surface area contributed by atoms with E-state index in [9.17, 15) is 0 Å². The van der Waals surface area contributed by atoms with E-state index in [-0.39, 0.29) is 0 Å². The van der Waals surface area contributed by atoms with E-state index in [4.69, 9.17) is 8.83 Å². The highest BCUT2D eigenvalue weighted by Gasteiger charge is 2.14. The van der Waals surface area contributed by atoms with Crippen molar-refractivity contribution < 1.29 is 8.83 Å². The van der Waals surface area contributed by atoms with E-state index in [0.29, 0.717) is 28.6 Å². The lowest BCUT2D eigenvalue weighted by Gasteiger charge is -2.01. The van der Waals surface area contributed by atoms with Gasteiger partial charge in [-0.3, -0.25) is 0 Å². The van der Waals surface area contributed by atoms with Crippen molar-refractivity contribution in [2.24, 2.45) is 0 Å². The SMILES string of the molecule is Cc1ccc(-c2nnc(SCc3nnc(-c4cccc(Br)c4)o3)o2)c(C)c1. The Balaban J connectivity index is 1.45. The molecule has 0 aliphatic heterocycles. The Bertz CT molecular complexity index is 1090. The molecule has 0 amide bonds. The normalized spacial score (nSPS) is 11.1. The van der Waals surface area contributed by atoms with Gasteiger partial charge in [0.1, 0.15) is 0 Å². The molecule has 0 saturated heterocycles. The van der Waals surface area contributed by atoms with Crippen molar-refractivity contribution in [2.75, 3.05) is 0 Å². The minimum Gasteiger partial charge on any atom is -0.420 e. The summed E-state index contributed by atoms with van der Waals surface area (Å²) in [4.78, 5) is 0. The second kappa shape index (κ2) is 7.66. The van der Waals surface area contributed by atoms with Gasteiger partial charge in [0.2, 0.25) is 17.7 Å². The van der Waals surface area contributed by atoms with E-state index in [1.807, 2.05) is 43.3 Å². The molecule has 4 aromatic rings. The Kier molecular flexibility index (Phi) is 5.09. The van der Waals surface area contributed by atoms with Gasteiger partial charge in [-0.05, 0) is 43.7 Å². The first kappa shape index (κ1) is 17.9. The van der Waals surface area contributed by atoms with Gasteiger partial charge in [0, 0.05) is 15.6 Å². The average Bonchev–Trinajstić information content (AvgIpc) is 3.29. The Morgan fingerprint density at radius 3 is 2.59 bits per heavy atom. The number of nitrogens with zero attached hydrogens (tertiary/aromatic N) is 4. The summed E-state index contributed by atoms with van der Waals surface area (Å²) < 4.78 is 12.4. The van der Waals surface area contributed by atoms with Crippen LogP contribution >= 0.6 is 27.7 Å². The number of hydrogen-bond donors (Lipinski definition) is 0. The van der Waals surface area contributed by atoms with Crippen molar-refractivity contribution in [3.05, 3.63) is 64.0 Å². The lowest BCUT2D eigenvalue weighted by atomic mass is 10.1. The maximum absolute atomic E-state index is 5.76. The number of rotatable bonds is 5. The fourth-order valence-corrected chi connectivity index (χ4v) is 3.60. The highest BCUT2D eigenvalue weighted by molar-refractivity contribution is 9.10. The summed E-state index contributed by atoms with van der Waals surface area (Å²) in [5.41, 5.74) is 4.10. The van der Waals surface area contributed by atoms with Crippen LogP contribution in [0.5, 0.6) is 0 Å². The van der Waals surface area contributed by atoms with Gasteiger partial charge in [-0.1, -0.05) is 51.5 Å². The predicted octanol–water partition coefficient (Wildman–Crippen LogP) is 5.46. The van der Waals surface area contributed by atoms with Crippen molar-refractivity contribution in [3.63, 3.8) is 0 Å². The fraction of sp³-hybridized carbons (Fsp3) is 0.158. The molecule has 4 rings (SSSR count). The number of hydrogen-bond acceptors (Lipinski definition) is 7. The van der Waals surface area contributed by atoms with Crippen molar-refractivity contribution in [1.29, 1.82) is 0 Å². The van der Waals surface area contributed by atoms with Crippen LogP contribution in [0.4, 0.5) is 0 Å². The molecular weight excluding hydrogens is 428 g/mol. The largest absolute Gasteiger partial charge is 0.420 e. The van der Waals surface area contributed by atoms with E-state index in [1.165, 1.54) is 17.3 Å². The molecule has 136 valence electrons. The maximum atomic E-state index is 5.76. The van der Waals surface area contributed by atoms with Crippen LogP contribution in [0.3, 0.4) is 0 Å². The molecule has 6 nitrogen and oxygen atoms in total. The molecule has 0 fully saturated rings. The number of aromatic nitrogens is 4. The third-order valence-corrected chi connectivity index (χ3v) is 5.17. The first-order valence-corrected chi connectivity index (χ1v) is 9.98. The maximum Gasteiger partial charge on any atom is 0.277 e. The van der Waals surface area contributed by atoms with Crippen molar-refractivity contribution in [1.82, 2.24) is 20.4 Å². The first-order chi connectivity index (χ1) is 13.1. The fourth-order valence-electron chi connectivity index (χ4n) is 2.60. The van der Waals surface area contributed by atoms with Crippen LogP contribution in [-0.4, -0.2) is 20.4 Å². The van der Waals surface area contributed by atoms with Crippen molar-refractivity contribution >= 4 is 27.7 Å². The zero-order chi connectivity index (χ0) is 18.8. The van der Waals surface area contributed by atoms with Gasteiger partial charge in [0.15, 0.2) is 0 Å². The van der Waals surface area contributed by atoms with E-state index in [2.05, 4.69) is 49.3 Å². The Labute approximate surface area is 168 Å². The number of thioether (sulfide) groups is 1. The van der Waals surface area contributed by atoms with Crippen LogP contribution in [0.1, 0.15) is 17.0 Å². The summed E-state index contributed by atoms with van der Waals surface area (Å²) in [5, 5.41) is 16.9. The second-order valence-electron chi connectivity index (χ2n) is 5.99. The van der Waals surface area contributed by atoms with Gasteiger partial charge in [0.25, 0.3) is 5.22 Å². The average molecular weight is 443 g/mol. The Hall–Kier alpha value is -2.45. The Morgan fingerprint density at radius 2 is 1.78 bits per heavy atom. The molecule has 0 radical (unpaired) electrons. The van der Waals surface area contributed by atoms with Crippen LogP contribution in [0.25, 0.3) is 22.9 Å². The molecule has 2 heterocycles. The minimum absolute atomic E-state index is 0.454. The number of aryl methyl sites for hydroxylation is 2. The zero-order valence-corrected chi connectivity index (χ0v) is 17.0. The molecule has 0 atom stereocenters. The molecular formula is C19H15BrN4O2S. The van der Waals surface area contributed by atoms with E-state index in [1.54, 1.807) is 0 Å². The first-order valence-electron chi connectivity index (χ1n) is 8.21. The number of halogens is 1.